The van der Waals surface area contributed by atoms with Gasteiger partial charge in [-0.3, -0.25) is 0 Å². The molecule has 3 aromatic carbocycles. The van der Waals surface area contributed by atoms with Crippen molar-refractivity contribution in [3.63, 3.8) is 0 Å². The Kier molecular flexibility index (Phi) is 5.25. The molecule has 0 spiro atoms. The molecule has 156 valence electrons. The Labute approximate surface area is 182 Å². The third-order valence-corrected chi connectivity index (χ3v) is 6.16. The number of aryl methyl sites for hydroxylation is 2. The van der Waals surface area contributed by atoms with Crippen molar-refractivity contribution in [1.29, 1.82) is 0 Å². The summed E-state index contributed by atoms with van der Waals surface area (Å²) in [5, 5.41) is 22.5. The fourth-order valence-corrected chi connectivity index (χ4v) is 4.44. The molecule has 0 radical (unpaired) electrons. The number of phenols is 1. The van der Waals surface area contributed by atoms with Crippen LogP contribution in [0.1, 0.15) is 30.4 Å². The van der Waals surface area contributed by atoms with Gasteiger partial charge in [0.2, 0.25) is 0 Å². The van der Waals surface area contributed by atoms with Crippen LogP contribution in [0, 0.1) is 0 Å². The predicted molar refractivity (Wildman–Crippen MR) is 125 cm³/mol. The first kappa shape index (κ1) is 19.5. The lowest BCUT2D eigenvalue weighted by atomic mass is 9.88. The molecule has 0 amide bonds. The van der Waals surface area contributed by atoms with Crippen molar-refractivity contribution in [2.45, 2.75) is 38.2 Å². The second kappa shape index (κ2) is 8.35. The minimum Gasteiger partial charge on any atom is -0.512 e. The van der Waals surface area contributed by atoms with Crippen molar-refractivity contribution in [2.24, 2.45) is 0 Å². The summed E-state index contributed by atoms with van der Waals surface area (Å²) in [4.78, 5) is 0. The van der Waals surface area contributed by atoms with Gasteiger partial charge in [0.15, 0.2) is 0 Å². The Morgan fingerprint density at radius 2 is 1.71 bits per heavy atom. The van der Waals surface area contributed by atoms with E-state index in [4.69, 9.17) is 4.74 Å². The summed E-state index contributed by atoms with van der Waals surface area (Å²) in [5.74, 6) is 1.57. The van der Waals surface area contributed by atoms with Gasteiger partial charge in [0.25, 0.3) is 0 Å². The van der Waals surface area contributed by atoms with E-state index in [1.54, 1.807) is 0 Å². The van der Waals surface area contributed by atoms with Crippen molar-refractivity contribution in [3.8, 4) is 11.5 Å². The number of aromatic hydroxyl groups is 1. The number of hydrogen-bond acceptors (Lipinski definition) is 3. The van der Waals surface area contributed by atoms with E-state index in [1.165, 1.54) is 11.1 Å². The van der Waals surface area contributed by atoms with Crippen LogP contribution in [0.2, 0.25) is 0 Å². The number of ether oxygens (including phenoxy) is 1. The SMILES string of the molecule is OC1=CC2=C(C=CC(Oc3ccc4cc(CCc5ccccc5)c(O)cc4c3)C2)CC1. The second-order valence-corrected chi connectivity index (χ2v) is 8.38. The van der Waals surface area contributed by atoms with E-state index in [0.29, 0.717) is 11.5 Å². The molecule has 0 bridgehead atoms. The minimum absolute atomic E-state index is 0.0582. The molecule has 0 saturated carbocycles. The zero-order chi connectivity index (χ0) is 21.2. The minimum atomic E-state index is -0.0582. The average Bonchev–Trinajstić information content (AvgIpc) is 2.78. The number of phenolic OH excluding ortho intramolecular Hbond substituents is 1. The van der Waals surface area contributed by atoms with Gasteiger partial charge in [-0.25, -0.2) is 0 Å². The van der Waals surface area contributed by atoms with E-state index < -0.39 is 0 Å². The molecule has 0 saturated heterocycles. The Morgan fingerprint density at radius 3 is 2.58 bits per heavy atom. The van der Waals surface area contributed by atoms with E-state index in [-0.39, 0.29) is 6.10 Å². The highest BCUT2D eigenvalue weighted by Crippen LogP contribution is 2.33. The maximum absolute atomic E-state index is 10.6. The van der Waals surface area contributed by atoms with Gasteiger partial charge in [0.05, 0.1) is 5.76 Å². The first-order chi connectivity index (χ1) is 15.1. The second-order valence-electron chi connectivity index (χ2n) is 8.38. The van der Waals surface area contributed by atoms with Crippen LogP contribution in [0.3, 0.4) is 0 Å². The summed E-state index contributed by atoms with van der Waals surface area (Å²) >= 11 is 0. The third-order valence-electron chi connectivity index (χ3n) is 6.16. The van der Waals surface area contributed by atoms with Crippen LogP contribution in [0.15, 0.2) is 95.8 Å². The zero-order valence-electron chi connectivity index (χ0n) is 17.4. The van der Waals surface area contributed by atoms with Crippen molar-refractivity contribution >= 4 is 10.8 Å². The fraction of sp³-hybridized carbons (Fsp3) is 0.214. The Bertz CT molecular complexity index is 1200. The highest BCUT2D eigenvalue weighted by atomic mass is 16.5. The van der Waals surface area contributed by atoms with E-state index in [1.807, 2.05) is 42.5 Å². The fourth-order valence-electron chi connectivity index (χ4n) is 4.44. The van der Waals surface area contributed by atoms with Gasteiger partial charge in [0.1, 0.15) is 17.6 Å². The van der Waals surface area contributed by atoms with Crippen LogP contribution in [-0.2, 0) is 12.8 Å². The number of aliphatic hydroxyl groups is 1. The maximum Gasteiger partial charge on any atom is 0.121 e. The van der Waals surface area contributed by atoms with Gasteiger partial charge in [-0.1, -0.05) is 42.5 Å². The largest absolute Gasteiger partial charge is 0.512 e. The topological polar surface area (TPSA) is 49.7 Å². The number of hydrogen-bond donors (Lipinski definition) is 2. The normalized spacial score (nSPS) is 18.1. The Balaban J connectivity index is 1.30. The van der Waals surface area contributed by atoms with Crippen LogP contribution < -0.4 is 4.74 Å². The van der Waals surface area contributed by atoms with Crippen LogP contribution in [0.25, 0.3) is 10.8 Å². The number of rotatable bonds is 5. The summed E-state index contributed by atoms with van der Waals surface area (Å²) in [5.41, 5.74) is 4.69. The van der Waals surface area contributed by atoms with E-state index in [9.17, 15) is 10.2 Å². The predicted octanol–water partition coefficient (Wildman–Crippen LogP) is 6.57. The number of fused-ring (bicyclic) bond motifs is 1. The Hall–Kier alpha value is -3.46. The first-order valence-electron chi connectivity index (χ1n) is 10.9. The summed E-state index contributed by atoms with van der Waals surface area (Å²) in [7, 11) is 0. The van der Waals surface area contributed by atoms with Gasteiger partial charge in [-0.15, -0.1) is 0 Å². The lowest BCUT2D eigenvalue weighted by molar-refractivity contribution is 0.247. The highest BCUT2D eigenvalue weighted by Gasteiger charge is 2.20. The van der Waals surface area contributed by atoms with Gasteiger partial charge >= 0.3 is 0 Å². The molecule has 31 heavy (non-hydrogen) atoms. The molecule has 2 aliphatic carbocycles. The molecule has 3 nitrogen and oxygen atoms in total. The summed E-state index contributed by atoms with van der Waals surface area (Å²) in [6.45, 7) is 0. The molecule has 0 aromatic heterocycles. The molecule has 1 unspecified atom stereocenters. The smallest absolute Gasteiger partial charge is 0.121 e. The first-order valence-corrected chi connectivity index (χ1v) is 10.9. The van der Waals surface area contributed by atoms with Gasteiger partial charge in [-0.2, -0.15) is 0 Å². The van der Waals surface area contributed by atoms with E-state index >= 15 is 0 Å². The van der Waals surface area contributed by atoms with Crippen LogP contribution in [0.5, 0.6) is 11.5 Å². The lowest BCUT2D eigenvalue weighted by Crippen LogP contribution is -2.18. The molecular weight excluding hydrogens is 384 g/mol. The number of allylic oxidation sites excluding steroid dienone is 4. The number of aliphatic hydroxyl groups excluding tert-OH is 1. The number of benzene rings is 3. The molecular formula is C28H26O3. The molecule has 1 atom stereocenters. The molecule has 3 heteroatoms. The van der Waals surface area contributed by atoms with Gasteiger partial charge in [-0.05, 0) is 88.7 Å². The molecule has 5 rings (SSSR count). The zero-order valence-corrected chi connectivity index (χ0v) is 17.4. The van der Waals surface area contributed by atoms with E-state index in [2.05, 4.69) is 36.4 Å². The Morgan fingerprint density at radius 1 is 0.839 bits per heavy atom. The van der Waals surface area contributed by atoms with Crippen LogP contribution in [0.4, 0.5) is 0 Å². The van der Waals surface area contributed by atoms with E-state index in [0.717, 1.165) is 59.8 Å². The van der Waals surface area contributed by atoms with Crippen molar-refractivity contribution < 1.29 is 14.9 Å². The van der Waals surface area contributed by atoms with Crippen LogP contribution in [-0.4, -0.2) is 16.3 Å². The maximum atomic E-state index is 10.6. The summed E-state index contributed by atoms with van der Waals surface area (Å²) < 4.78 is 6.21. The van der Waals surface area contributed by atoms with Crippen molar-refractivity contribution in [1.82, 2.24) is 0 Å². The van der Waals surface area contributed by atoms with Gasteiger partial charge in [0, 0.05) is 12.8 Å². The average molecular weight is 411 g/mol. The molecule has 0 fully saturated rings. The highest BCUT2D eigenvalue weighted by molar-refractivity contribution is 5.86. The van der Waals surface area contributed by atoms with Crippen molar-refractivity contribution in [2.75, 3.05) is 0 Å². The summed E-state index contributed by atoms with van der Waals surface area (Å²) in [6.07, 6.45) is 10.1. The molecule has 0 heterocycles. The lowest BCUT2D eigenvalue weighted by Gasteiger charge is -2.24. The quantitative estimate of drug-likeness (QED) is 0.500. The summed E-state index contributed by atoms with van der Waals surface area (Å²) in [6, 6.07) is 20.3. The van der Waals surface area contributed by atoms with Crippen molar-refractivity contribution in [3.05, 3.63) is 107 Å². The van der Waals surface area contributed by atoms with Crippen LogP contribution >= 0.6 is 0 Å². The third kappa shape index (κ3) is 4.36. The monoisotopic (exact) mass is 410 g/mol. The standard InChI is InChI=1S/C28H26O3/c29-25-11-8-20-9-12-26(16-23(20)15-25)31-27-13-10-21-14-22(28(30)18-24(21)17-27)7-6-19-4-2-1-3-5-19/h1-5,9-10,12-15,17-18,26,29-30H,6-8,11,16H2. The molecule has 3 aromatic rings. The molecule has 2 N–H and O–H groups in total. The molecule has 0 aliphatic heterocycles. The van der Waals surface area contributed by atoms with Gasteiger partial charge < -0.3 is 14.9 Å². The molecule has 2 aliphatic rings.